The average molecular weight is 324 g/mol. The van der Waals surface area contributed by atoms with Crippen LogP contribution in [-0.4, -0.2) is 39.5 Å². The molecule has 2 amide bonds. The van der Waals surface area contributed by atoms with E-state index in [-0.39, 0.29) is 12.5 Å². The second kappa shape index (κ2) is 7.02. The van der Waals surface area contributed by atoms with Gasteiger partial charge in [0.15, 0.2) is 0 Å². The summed E-state index contributed by atoms with van der Waals surface area (Å²) in [5.41, 5.74) is 0.130. The molecule has 7 nitrogen and oxygen atoms in total. The Kier molecular flexibility index (Phi) is 5.80. The molecule has 1 heterocycles. The first kappa shape index (κ1) is 19.0. The second-order valence-corrected chi connectivity index (χ2v) is 7.18. The molecule has 1 rings (SSSR count). The summed E-state index contributed by atoms with van der Waals surface area (Å²) in [6, 6.07) is 1.75. The molecule has 0 radical (unpaired) electrons. The first-order chi connectivity index (χ1) is 10.4. The molecule has 2 N–H and O–H groups in total. The van der Waals surface area contributed by atoms with Gasteiger partial charge in [0.2, 0.25) is 0 Å². The maximum Gasteiger partial charge on any atom is 0.407 e. The van der Waals surface area contributed by atoms with E-state index < -0.39 is 17.2 Å². The van der Waals surface area contributed by atoms with E-state index in [1.807, 2.05) is 27.7 Å². The molecule has 0 saturated carbocycles. The van der Waals surface area contributed by atoms with Gasteiger partial charge in [-0.3, -0.25) is 9.48 Å². The maximum absolute atomic E-state index is 12.4. The normalized spacial score (nSPS) is 12.0. The zero-order valence-electron chi connectivity index (χ0n) is 15.1. The molecule has 0 aliphatic heterocycles. The third-order valence-electron chi connectivity index (χ3n) is 2.96. The van der Waals surface area contributed by atoms with Crippen LogP contribution in [0.25, 0.3) is 0 Å². The van der Waals surface area contributed by atoms with Crippen molar-refractivity contribution >= 4 is 12.0 Å². The van der Waals surface area contributed by atoms with Crippen LogP contribution < -0.4 is 10.6 Å². The van der Waals surface area contributed by atoms with Crippen molar-refractivity contribution in [3.05, 3.63) is 17.5 Å². The lowest BCUT2D eigenvalue weighted by molar-refractivity contribution is 0.0509. The third kappa shape index (κ3) is 6.30. The number of nitrogens with one attached hydrogen (secondary N) is 2. The Morgan fingerprint density at radius 2 is 1.87 bits per heavy atom. The first-order valence-electron chi connectivity index (χ1n) is 7.77. The molecule has 1 aromatic heterocycles. The Morgan fingerprint density at radius 3 is 2.39 bits per heavy atom. The Labute approximate surface area is 137 Å². The topological polar surface area (TPSA) is 85.3 Å². The molecule has 0 saturated heterocycles. The molecule has 1 aromatic rings. The monoisotopic (exact) mass is 324 g/mol. The lowest BCUT2D eigenvalue weighted by Crippen LogP contribution is -2.52. The summed E-state index contributed by atoms with van der Waals surface area (Å²) in [6.45, 7) is 13.7. The van der Waals surface area contributed by atoms with Crippen LogP contribution in [0.5, 0.6) is 0 Å². The minimum Gasteiger partial charge on any atom is -0.444 e. The van der Waals surface area contributed by atoms with Crippen LogP contribution >= 0.6 is 0 Å². The summed E-state index contributed by atoms with van der Waals surface area (Å²) < 4.78 is 6.84. The minimum absolute atomic E-state index is 0.219. The highest BCUT2D eigenvalue weighted by molar-refractivity contribution is 5.93. The highest BCUT2D eigenvalue weighted by Crippen LogP contribution is 2.09. The molecule has 0 spiro atoms. The molecule has 0 fully saturated rings. The zero-order valence-corrected chi connectivity index (χ0v) is 15.1. The molecule has 130 valence electrons. The molecule has 0 atom stereocenters. The Hall–Kier alpha value is -2.05. The molecular weight excluding hydrogens is 296 g/mol. The van der Waals surface area contributed by atoms with Gasteiger partial charge in [-0.15, -0.1) is 0 Å². The molecule has 0 aromatic carbocycles. The number of hydrogen-bond donors (Lipinski definition) is 2. The highest BCUT2D eigenvalue weighted by atomic mass is 16.6. The molecular formula is C16H28N4O3. The lowest BCUT2D eigenvalue weighted by atomic mass is 10.1. The van der Waals surface area contributed by atoms with E-state index in [0.29, 0.717) is 12.2 Å². The fourth-order valence-corrected chi connectivity index (χ4v) is 1.99. The number of amides is 2. The quantitative estimate of drug-likeness (QED) is 0.870. The van der Waals surface area contributed by atoms with Crippen LogP contribution in [0.1, 0.15) is 57.7 Å². The van der Waals surface area contributed by atoms with Crippen LogP contribution in [0.15, 0.2) is 6.07 Å². The summed E-state index contributed by atoms with van der Waals surface area (Å²) in [4.78, 5) is 24.1. The van der Waals surface area contributed by atoms with Crippen molar-refractivity contribution in [3.63, 3.8) is 0 Å². The molecule has 7 heteroatoms. The third-order valence-corrected chi connectivity index (χ3v) is 2.96. The molecule has 0 unspecified atom stereocenters. The van der Waals surface area contributed by atoms with E-state index in [4.69, 9.17) is 4.74 Å². The number of aryl methyl sites for hydroxylation is 2. The van der Waals surface area contributed by atoms with Crippen LogP contribution in [0.2, 0.25) is 0 Å². The summed E-state index contributed by atoms with van der Waals surface area (Å²) in [5.74, 6) is -0.219. The van der Waals surface area contributed by atoms with Crippen molar-refractivity contribution in [2.75, 3.05) is 6.54 Å². The first-order valence-corrected chi connectivity index (χ1v) is 7.77. The van der Waals surface area contributed by atoms with Gasteiger partial charge in [0, 0.05) is 13.1 Å². The van der Waals surface area contributed by atoms with Gasteiger partial charge in [-0.05, 0) is 54.5 Å². The summed E-state index contributed by atoms with van der Waals surface area (Å²) in [6.07, 6.45) is -0.505. The van der Waals surface area contributed by atoms with Crippen LogP contribution in [-0.2, 0) is 11.3 Å². The van der Waals surface area contributed by atoms with Crippen molar-refractivity contribution < 1.29 is 14.3 Å². The van der Waals surface area contributed by atoms with E-state index in [0.717, 1.165) is 5.69 Å². The van der Waals surface area contributed by atoms with E-state index in [9.17, 15) is 9.59 Å². The maximum atomic E-state index is 12.4. The Bertz CT molecular complexity index is 570. The second-order valence-electron chi connectivity index (χ2n) is 7.18. The smallest absolute Gasteiger partial charge is 0.407 e. The van der Waals surface area contributed by atoms with Crippen molar-refractivity contribution in [3.8, 4) is 0 Å². The van der Waals surface area contributed by atoms with Crippen LogP contribution in [0, 0.1) is 6.92 Å². The van der Waals surface area contributed by atoms with Crippen LogP contribution in [0.4, 0.5) is 4.79 Å². The fraction of sp³-hybridized carbons (Fsp3) is 0.688. The van der Waals surface area contributed by atoms with Crippen LogP contribution in [0.3, 0.4) is 0 Å². The molecule has 23 heavy (non-hydrogen) atoms. The summed E-state index contributed by atoms with van der Waals surface area (Å²) in [5, 5.41) is 9.84. The predicted molar refractivity (Wildman–Crippen MR) is 88.4 cm³/mol. The van der Waals surface area contributed by atoms with Crippen molar-refractivity contribution in [1.82, 2.24) is 20.4 Å². The van der Waals surface area contributed by atoms with Crippen molar-refractivity contribution in [1.29, 1.82) is 0 Å². The summed E-state index contributed by atoms with van der Waals surface area (Å²) in [7, 11) is 0. The number of nitrogens with zero attached hydrogens (tertiary/aromatic N) is 2. The Morgan fingerprint density at radius 1 is 1.26 bits per heavy atom. The number of aromatic nitrogens is 2. The largest absolute Gasteiger partial charge is 0.444 e. The summed E-state index contributed by atoms with van der Waals surface area (Å²) >= 11 is 0. The number of alkyl carbamates (subject to hydrolysis) is 1. The van der Waals surface area contributed by atoms with E-state index in [2.05, 4.69) is 15.7 Å². The zero-order chi connectivity index (χ0) is 17.8. The number of carbonyl (C=O) groups excluding carboxylic acids is 2. The van der Waals surface area contributed by atoms with Crippen molar-refractivity contribution in [2.45, 2.75) is 66.2 Å². The van der Waals surface area contributed by atoms with E-state index in [1.54, 1.807) is 31.5 Å². The number of hydrogen-bond acceptors (Lipinski definition) is 4. The highest BCUT2D eigenvalue weighted by Gasteiger charge is 2.25. The number of rotatable bonds is 5. The van der Waals surface area contributed by atoms with Gasteiger partial charge in [-0.25, -0.2) is 4.79 Å². The molecule has 0 bridgehead atoms. The van der Waals surface area contributed by atoms with Gasteiger partial charge in [-0.2, -0.15) is 5.10 Å². The van der Waals surface area contributed by atoms with Gasteiger partial charge < -0.3 is 15.4 Å². The predicted octanol–water partition coefficient (Wildman–Crippen LogP) is 2.24. The molecule has 0 aliphatic rings. The molecule has 0 aliphatic carbocycles. The Balaban J connectivity index is 2.63. The van der Waals surface area contributed by atoms with Gasteiger partial charge >= 0.3 is 6.09 Å². The SMILES string of the molecule is CCn1nc(C)cc1C(=O)NC(C)(C)CNC(=O)OC(C)(C)C. The lowest BCUT2D eigenvalue weighted by Gasteiger charge is -2.27. The standard InChI is InChI=1S/C16H28N4O3/c1-8-20-12(9-11(2)19-20)13(21)18-16(6,7)10-17-14(22)23-15(3,4)5/h9H,8,10H2,1-7H3,(H,17,22)(H,18,21). The van der Waals surface area contributed by atoms with Crippen molar-refractivity contribution in [2.24, 2.45) is 0 Å². The van der Waals surface area contributed by atoms with Gasteiger partial charge in [-0.1, -0.05) is 0 Å². The fourth-order valence-electron chi connectivity index (χ4n) is 1.99. The van der Waals surface area contributed by atoms with Gasteiger partial charge in [0.05, 0.1) is 11.2 Å². The number of ether oxygens (including phenoxy) is 1. The van der Waals surface area contributed by atoms with Gasteiger partial charge in [0.1, 0.15) is 11.3 Å². The minimum atomic E-state index is -0.620. The van der Waals surface area contributed by atoms with Gasteiger partial charge in [0.25, 0.3) is 5.91 Å². The number of carbonyl (C=O) groups is 2. The van der Waals surface area contributed by atoms with E-state index >= 15 is 0 Å². The average Bonchev–Trinajstić information content (AvgIpc) is 2.75. The van der Waals surface area contributed by atoms with E-state index in [1.165, 1.54) is 0 Å².